The number of thiophene rings is 1. The summed E-state index contributed by atoms with van der Waals surface area (Å²) in [6.45, 7) is 6.21. The standard InChI is InChI=1S/C43H41BrN4O5S2/c1-3-36(41(51)47-42-38(43(52)53-4-2)34-21-22-48(27-37(34)55-42)26-28-13-7-5-8-14-28)54-33-20-12-19-32(25-33)45-40(50)35(24-29-15-11-18-31(44)23-29)46-39(49)30-16-9-6-10-17-30/h5-20,23-25,36H,3-4,21-22,26-27H2,1-2H3,(H,45,50)(H,46,49)(H,47,51)/b35-24+. The van der Waals surface area contributed by atoms with Crippen molar-refractivity contribution in [2.24, 2.45) is 0 Å². The van der Waals surface area contributed by atoms with Crippen LogP contribution in [-0.2, 0) is 33.8 Å². The van der Waals surface area contributed by atoms with Crippen LogP contribution in [0.1, 0.15) is 62.6 Å². The summed E-state index contributed by atoms with van der Waals surface area (Å²) in [6.07, 6.45) is 2.82. The van der Waals surface area contributed by atoms with Crippen LogP contribution in [0.25, 0.3) is 6.08 Å². The van der Waals surface area contributed by atoms with Crippen molar-refractivity contribution in [3.05, 3.63) is 152 Å². The van der Waals surface area contributed by atoms with Crippen molar-refractivity contribution < 1.29 is 23.9 Å². The molecule has 55 heavy (non-hydrogen) atoms. The Kier molecular flexibility index (Phi) is 13.7. The van der Waals surface area contributed by atoms with Gasteiger partial charge < -0.3 is 20.7 Å². The number of carbonyl (C=O) groups excluding carboxylic acids is 4. The number of halogens is 1. The van der Waals surface area contributed by atoms with Gasteiger partial charge in [-0.3, -0.25) is 19.3 Å². The van der Waals surface area contributed by atoms with Gasteiger partial charge in [0, 0.05) is 45.1 Å². The van der Waals surface area contributed by atoms with E-state index in [0.717, 1.165) is 38.5 Å². The van der Waals surface area contributed by atoms with E-state index in [4.69, 9.17) is 4.74 Å². The number of carbonyl (C=O) groups is 4. The van der Waals surface area contributed by atoms with Gasteiger partial charge in [0.15, 0.2) is 0 Å². The summed E-state index contributed by atoms with van der Waals surface area (Å²) in [6, 6.07) is 33.6. The summed E-state index contributed by atoms with van der Waals surface area (Å²) >= 11 is 6.27. The summed E-state index contributed by atoms with van der Waals surface area (Å²) < 4.78 is 6.29. The number of esters is 1. The number of thioether (sulfide) groups is 1. The number of nitrogens with one attached hydrogen (secondary N) is 3. The van der Waals surface area contributed by atoms with Gasteiger partial charge in [0.05, 0.1) is 17.4 Å². The summed E-state index contributed by atoms with van der Waals surface area (Å²) in [5.41, 5.74) is 4.31. The molecule has 4 aromatic carbocycles. The molecule has 0 saturated carbocycles. The van der Waals surface area contributed by atoms with Crippen LogP contribution in [0.15, 0.2) is 124 Å². The van der Waals surface area contributed by atoms with E-state index >= 15 is 0 Å². The van der Waals surface area contributed by atoms with E-state index in [1.807, 2.05) is 61.5 Å². The second-order valence-electron chi connectivity index (χ2n) is 12.8. The summed E-state index contributed by atoms with van der Waals surface area (Å²) in [5.74, 6) is -1.58. The molecule has 0 spiro atoms. The van der Waals surface area contributed by atoms with Gasteiger partial charge >= 0.3 is 5.97 Å². The fourth-order valence-corrected chi connectivity index (χ4v) is 8.88. The minimum atomic E-state index is -0.508. The van der Waals surface area contributed by atoms with E-state index in [0.29, 0.717) is 41.2 Å². The normalized spacial score (nSPS) is 13.3. The van der Waals surface area contributed by atoms with Crippen molar-refractivity contribution in [2.45, 2.75) is 49.9 Å². The lowest BCUT2D eigenvalue weighted by molar-refractivity contribution is -0.116. The molecule has 0 saturated heterocycles. The fourth-order valence-electron chi connectivity index (χ4n) is 6.17. The van der Waals surface area contributed by atoms with Crippen molar-refractivity contribution in [2.75, 3.05) is 23.8 Å². The Morgan fingerprint density at radius 2 is 1.65 bits per heavy atom. The van der Waals surface area contributed by atoms with Crippen LogP contribution < -0.4 is 16.0 Å². The van der Waals surface area contributed by atoms with Crippen LogP contribution >= 0.6 is 39.0 Å². The van der Waals surface area contributed by atoms with Gasteiger partial charge in [-0.1, -0.05) is 89.6 Å². The van der Waals surface area contributed by atoms with Crippen molar-refractivity contribution in [3.8, 4) is 0 Å². The number of hydrogen-bond donors (Lipinski definition) is 3. The highest BCUT2D eigenvalue weighted by Gasteiger charge is 2.31. The lowest BCUT2D eigenvalue weighted by atomic mass is 10.0. The molecule has 3 N–H and O–H groups in total. The largest absolute Gasteiger partial charge is 0.462 e. The van der Waals surface area contributed by atoms with Crippen LogP contribution in [0.5, 0.6) is 0 Å². The highest BCUT2D eigenvalue weighted by molar-refractivity contribution is 9.10. The first-order valence-electron chi connectivity index (χ1n) is 18.0. The quantitative estimate of drug-likeness (QED) is 0.0581. The van der Waals surface area contributed by atoms with Crippen LogP contribution in [0.3, 0.4) is 0 Å². The number of nitrogens with zero attached hydrogens (tertiary/aromatic N) is 1. The Morgan fingerprint density at radius 3 is 2.38 bits per heavy atom. The van der Waals surface area contributed by atoms with Crippen LogP contribution in [0, 0.1) is 0 Å². The molecular weight excluding hydrogens is 797 g/mol. The number of anilines is 2. The molecule has 1 unspecified atom stereocenters. The molecule has 1 aliphatic heterocycles. The zero-order valence-electron chi connectivity index (χ0n) is 30.5. The smallest absolute Gasteiger partial charge is 0.341 e. The zero-order valence-corrected chi connectivity index (χ0v) is 33.7. The second-order valence-corrected chi connectivity index (χ2v) is 16.1. The fraction of sp³-hybridized carbons (Fsp3) is 0.209. The zero-order chi connectivity index (χ0) is 38.7. The number of rotatable bonds is 14. The molecule has 282 valence electrons. The van der Waals surface area contributed by atoms with Gasteiger partial charge in [-0.2, -0.15) is 0 Å². The van der Waals surface area contributed by atoms with E-state index in [9.17, 15) is 19.2 Å². The molecule has 5 aromatic rings. The predicted molar refractivity (Wildman–Crippen MR) is 224 cm³/mol. The average Bonchev–Trinajstić information content (AvgIpc) is 3.54. The van der Waals surface area contributed by atoms with Crippen LogP contribution in [0.4, 0.5) is 10.7 Å². The maximum atomic E-state index is 13.9. The van der Waals surface area contributed by atoms with E-state index < -0.39 is 23.0 Å². The topological polar surface area (TPSA) is 117 Å². The van der Waals surface area contributed by atoms with Gasteiger partial charge in [-0.15, -0.1) is 23.1 Å². The summed E-state index contributed by atoms with van der Waals surface area (Å²) in [4.78, 5) is 58.1. The first-order chi connectivity index (χ1) is 26.7. The number of hydrogen-bond acceptors (Lipinski definition) is 8. The Balaban J connectivity index is 1.16. The van der Waals surface area contributed by atoms with Gasteiger partial charge in [0.1, 0.15) is 10.7 Å². The van der Waals surface area contributed by atoms with Crippen LogP contribution in [0.2, 0.25) is 0 Å². The number of benzene rings is 4. The minimum Gasteiger partial charge on any atom is -0.462 e. The molecular formula is C43H41BrN4O5S2. The van der Waals surface area contributed by atoms with Crippen LogP contribution in [-0.4, -0.2) is 47.0 Å². The van der Waals surface area contributed by atoms with Crippen molar-refractivity contribution in [1.82, 2.24) is 10.2 Å². The first kappa shape index (κ1) is 39.7. The molecule has 0 radical (unpaired) electrons. The lowest BCUT2D eigenvalue weighted by Crippen LogP contribution is -2.30. The summed E-state index contributed by atoms with van der Waals surface area (Å²) in [5, 5.41) is 8.78. The minimum absolute atomic E-state index is 0.0649. The maximum absolute atomic E-state index is 13.9. The molecule has 1 aromatic heterocycles. The Labute approximate surface area is 337 Å². The van der Waals surface area contributed by atoms with Gasteiger partial charge in [0.25, 0.3) is 11.8 Å². The molecule has 1 aliphatic rings. The third-order valence-corrected chi connectivity index (χ3v) is 11.8. The summed E-state index contributed by atoms with van der Waals surface area (Å²) in [7, 11) is 0. The van der Waals surface area contributed by atoms with E-state index in [-0.39, 0.29) is 18.2 Å². The Morgan fingerprint density at radius 1 is 0.909 bits per heavy atom. The number of amides is 3. The van der Waals surface area contributed by atoms with E-state index in [2.05, 4.69) is 48.9 Å². The number of fused-ring (bicyclic) bond motifs is 1. The van der Waals surface area contributed by atoms with Crippen molar-refractivity contribution in [1.29, 1.82) is 0 Å². The third kappa shape index (κ3) is 10.6. The van der Waals surface area contributed by atoms with Crippen molar-refractivity contribution >= 4 is 79.5 Å². The number of ether oxygens (including phenoxy) is 1. The SMILES string of the molecule is CCOC(=O)c1c(NC(=O)C(CC)Sc2cccc(NC(=O)/C(=C\c3cccc(Br)c3)NC(=O)c3ccccc3)c2)sc2c1CCN(Cc1ccccc1)C2. The molecule has 0 aliphatic carbocycles. The van der Waals surface area contributed by atoms with Gasteiger partial charge in [-0.05, 0) is 85.0 Å². The van der Waals surface area contributed by atoms with E-state index in [1.54, 1.807) is 55.5 Å². The molecule has 3 amide bonds. The van der Waals surface area contributed by atoms with Gasteiger partial charge in [0.2, 0.25) is 5.91 Å². The molecule has 9 nitrogen and oxygen atoms in total. The average molecular weight is 838 g/mol. The first-order valence-corrected chi connectivity index (χ1v) is 20.5. The molecule has 0 bridgehead atoms. The molecule has 0 fully saturated rings. The molecule has 12 heteroatoms. The highest BCUT2D eigenvalue weighted by Crippen LogP contribution is 2.39. The predicted octanol–water partition coefficient (Wildman–Crippen LogP) is 9.16. The van der Waals surface area contributed by atoms with Crippen molar-refractivity contribution in [3.63, 3.8) is 0 Å². The molecule has 1 atom stereocenters. The second kappa shape index (κ2) is 19.0. The Hall–Kier alpha value is -5.01. The monoisotopic (exact) mass is 836 g/mol. The third-order valence-electron chi connectivity index (χ3n) is 8.82. The van der Waals surface area contributed by atoms with Gasteiger partial charge in [-0.25, -0.2) is 4.79 Å². The van der Waals surface area contributed by atoms with E-state index in [1.165, 1.54) is 28.7 Å². The Bertz CT molecular complexity index is 2190. The molecule has 2 heterocycles. The lowest BCUT2D eigenvalue weighted by Gasteiger charge is -2.27. The maximum Gasteiger partial charge on any atom is 0.341 e. The molecule has 6 rings (SSSR count). The highest BCUT2D eigenvalue weighted by atomic mass is 79.9.